The number of aliphatic carboxylic acids is 1. The number of nitrogens with zero attached hydrogens (tertiary/aromatic N) is 1. The fourth-order valence-electron chi connectivity index (χ4n) is 7.18. The molecule has 8 N–H and O–H groups in total. The maximum absolute atomic E-state index is 14.6. The first-order chi connectivity index (χ1) is 29.9. The van der Waals surface area contributed by atoms with Crippen LogP contribution in [0.2, 0.25) is 0 Å². The molecule has 4 unspecified atom stereocenters. The molecule has 0 aliphatic carbocycles. The van der Waals surface area contributed by atoms with Crippen LogP contribution in [0.15, 0.2) is 54.6 Å². The van der Waals surface area contributed by atoms with E-state index in [2.05, 4.69) is 37.2 Å². The van der Waals surface area contributed by atoms with Gasteiger partial charge in [0.15, 0.2) is 5.78 Å². The average molecular weight is 877 g/mol. The molecule has 1 fully saturated rings. The molecule has 8 amide bonds. The molecule has 1 heterocycles. The molecule has 63 heavy (non-hydrogen) atoms. The second kappa shape index (κ2) is 24.9. The minimum atomic E-state index is -1.51. The molecule has 0 spiro atoms. The quantitative estimate of drug-likeness (QED) is 0.0958. The second-order valence-corrected chi connectivity index (χ2v) is 16.7. The number of amides is 8. The summed E-state index contributed by atoms with van der Waals surface area (Å²) >= 11 is 0. The van der Waals surface area contributed by atoms with Gasteiger partial charge < -0.3 is 47.2 Å². The van der Waals surface area contributed by atoms with Crippen LogP contribution in [0.25, 0.3) is 0 Å². The number of carbonyl (C=O) groups excluding carboxylic acids is 8. The van der Waals surface area contributed by atoms with Crippen LogP contribution in [0.3, 0.4) is 0 Å². The zero-order valence-electron chi connectivity index (χ0n) is 37.2. The van der Waals surface area contributed by atoms with Crippen molar-refractivity contribution in [3.63, 3.8) is 0 Å². The van der Waals surface area contributed by atoms with Crippen LogP contribution in [-0.4, -0.2) is 114 Å². The molecule has 18 nitrogen and oxygen atoms in total. The SMILES string of the molecule is CC[C@H](C)C(NC(=O)NC1CCCCNC(=O)C(Cc2ccccc2)NC(=O)[C@H](CC(=O)c2ccccc2NC=O)N(C)C(=O)[C@H](CC(C)C)NC(=O)C(C(C)C)NC1=O)C(=O)O. The summed E-state index contributed by atoms with van der Waals surface area (Å²) in [5.74, 6) is -6.54. The Hall–Kier alpha value is -6.33. The van der Waals surface area contributed by atoms with Crippen LogP contribution in [0.5, 0.6) is 0 Å². The van der Waals surface area contributed by atoms with Gasteiger partial charge in [-0.15, -0.1) is 0 Å². The maximum atomic E-state index is 14.6. The molecule has 0 radical (unpaired) electrons. The first-order valence-electron chi connectivity index (χ1n) is 21.5. The molecule has 0 saturated carbocycles. The second-order valence-electron chi connectivity index (χ2n) is 16.7. The predicted octanol–water partition coefficient (Wildman–Crippen LogP) is 2.52. The number of hydrogen-bond acceptors (Lipinski definition) is 9. The molecule has 1 aliphatic rings. The summed E-state index contributed by atoms with van der Waals surface area (Å²) in [4.78, 5) is 123. The van der Waals surface area contributed by atoms with E-state index in [1.54, 1.807) is 70.2 Å². The standard InChI is InChI=1S/C45H64N8O10/c1-8-28(6)38(44(61)62)52-45(63)50-32-20-14-15-21-46-39(56)33(23-29-16-10-9-11-17-29)48-41(58)35(24-36(55)30-18-12-13-19-31(30)47-25-54)53(7)43(60)34(22-26(2)3)49-42(59)37(27(4)5)51-40(32)57/h9-13,16-19,25-28,32-35,37-38H,8,14-15,20-24H2,1-7H3,(H,46,56)(H,47,54)(H,48,58)(H,49,59)(H,51,57)(H,61,62)(H2,50,52,63)/t28-,32?,33?,34-,35-,37?,38?/m0/s1. The van der Waals surface area contributed by atoms with Crippen LogP contribution >= 0.6 is 0 Å². The van der Waals surface area contributed by atoms with Crippen molar-refractivity contribution in [2.24, 2.45) is 17.8 Å². The van der Waals surface area contributed by atoms with Gasteiger partial charge in [-0.1, -0.05) is 90.4 Å². The van der Waals surface area contributed by atoms with E-state index in [1.165, 1.54) is 19.2 Å². The zero-order chi connectivity index (χ0) is 46.8. The summed E-state index contributed by atoms with van der Waals surface area (Å²) in [6.07, 6.45) is 1.05. The number of urea groups is 1. The Morgan fingerprint density at radius 3 is 2.11 bits per heavy atom. The summed E-state index contributed by atoms with van der Waals surface area (Å²) < 4.78 is 0. The number of carboxylic acids is 1. The lowest BCUT2D eigenvalue weighted by Gasteiger charge is -2.33. The van der Waals surface area contributed by atoms with Gasteiger partial charge in [-0.25, -0.2) is 9.59 Å². The van der Waals surface area contributed by atoms with Crippen LogP contribution < -0.4 is 37.2 Å². The van der Waals surface area contributed by atoms with Gasteiger partial charge in [-0.05, 0) is 61.1 Å². The van der Waals surface area contributed by atoms with Crippen molar-refractivity contribution in [2.45, 2.75) is 123 Å². The van der Waals surface area contributed by atoms with Gasteiger partial charge >= 0.3 is 12.0 Å². The molecule has 1 saturated heterocycles. The van der Waals surface area contributed by atoms with Gasteiger partial charge in [-0.3, -0.25) is 33.6 Å². The number of ketones is 1. The molecule has 344 valence electrons. The number of para-hydroxylation sites is 1. The van der Waals surface area contributed by atoms with Gasteiger partial charge in [0, 0.05) is 32.0 Å². The Morgan fingerprint density at radius 1 is 0.841 bits per heavy atom. The Labute approximate surface area is 368 Å². The zero-order valence-corrected chi connectivity index (χ0v) is 37.2. The highest BCUT2D eigenvalue weighted by atomic mass is 16.4. The molecular weight excluding hydrogens is 813 g/mol. The van der Waals surface area contributed by atoms with E-state index in [9.17, 15) is 48.3 Å². The van der Waals surface area contributed by atoms with Crippen molar-refractivity contribution in [3.8, 4) is 0 Å². The monoisotopic (exact) mass is 876 g/mol. The van der Waals surface area contributed by atoms with Gasteiger partial charge in [-0.2, -0.15) is 0 Å². The number of carbonyl (C=O) groups is 9. The highest BCUT2D eigenvalue weighted by molar-refractivity contribution is 6.06. The van der Waals surface area contributed by atoms with E-state index in [-0.39, 0.29) is 49.4 Å². The number of carboxylic acid groups (broad SMARTS) is 1. The number of anilines is 1. The fraction of sp³-hybridized carbons (Fsp3) is 0.533. The van der Waals surface area contributed by atoms with Crippen LogP contribution in [0.4, 0.5) is 10.5 Å². The molecule has 18 heteroatoms. The van der Waals surface area contributed by atoms with Crippen LogP contribution in [-0.2, 0) is 40.0 Å². The van der Waals surface area contributed by atoms with Crippen molar-refractivity contribution >= 4 is 59.4 Å². The lowest BCUT2D eigenvalue weighted by Crippen LogP contribution is -2.61. The van der Waals surface area contributed by atoms with Crippen molar-refractivity contribution in [1.82, 2.24) is 36.8 Å². The van der Waals surface area contributed by atoms with E-state index < -0.39 is 102 Å². The van der Waals surface area contributed by atoms with E-state index in [0.29, 0.717) is 24.8 Å². The average Bonchev–Trinajstić information content (AvgIpc) is 3.24. The van der Waals surface area contributed by atoms with Crippen LogP contribution in [0.1, 0.15) is 96.0 Å². The number of hydrogen-bond donors (Lipinski definition) is 8. The predicted molar refractivity (Wildman–Crippen MR) is 235 cm³/mol. The number of likely N-dealkylation sites (N-methyl/N-ethyl adjacent to an activating group) is 1. The van der Waals surface area contributed by atoms with Crippen molar-refractivity contribution < 1.29 is 48.3 Å². The van der Waals surface area contributed by atoms with E-state index >= 15 is 0 Å². The third-order valence-corrected chi connectivity index (χ3v) is 11.0. The molecular formula is C45H64N8O10. The van der Waals surface area contributed by atoms with Crippen molar-refractivity contribution in [3.05, 3.63) is 65.7 Å². The first-order valence-corrected chi connectivity index (χ1v) is 21.5. The van der Waals surface area contributed by atoms with Gasteiger partial charge in [0.25, 0.3) is 0 Å². The molecule has 0 aromatic heterocycles. The summed E-state index contributed by atoms with van der Waals surface area (Å²) in [6, 6.07) is 6.55. The number of benzene rings is 2. The minimum Gasteiger partial charge on any atom is -0.480 e. The molecule has 2 aromatic rings. The third-order valence-electron chi connectivity index (χ3n) is 11.0. The Balaban J connectivity index is 2.10. The normalized spacial score (nSPS) is 21.9. The number of nitrogens with one attached hydrogen (secondary N) is 7. The Morgan fingerprint density at radius 2 is 1.49 bits per heavy atom. The van der Waals surface area contributed by atoms with Gasteiger partial charge in [0.1, 0.15) is 36.3 Å². The smallest absolute Gasteiger partial charge is 0.326 e. The van der Waals surface area contributed by atoms with E-state index in [0.717, 1.165) is 4.90 Å². The lowest BCUT2D eigenvalue weighted by molar-refractivity contribution is -0.143. The number of rotatable bonds is 15. The largest absolute Gasteiger partial charge is 0.480 e. The third kappa shape index (κ3) is 15.5. The summed E-state index contributed by atoms with van der Waals surface area (Å²) in [6.45, 7) is 10.6. The summed E-state index contributed by atoms with van der Waals surface area (Å²) in [5.41, 5.74) is 0.973. The molecule has 2 aromatic carbocycles. The highest BCUT2D eigenvalue weighted by Crippen LogP contribution is 2.21. The molecule has 3 rings (SSSR count). The summed E-state index contributed by atoms with van der Waals surface area (Å²) in [7, 11) is 1.32. The van der Waals surface area contributed by atoms with Crippen molar-refractivity contribution in [1.29, 1.82) is 0 Å². The molecule has 1 aliphatic heterocycles. The minimum absolute atomic E-state index is 0.0350. The first kappa shape index (κ1) is 51.0. The fourth-order valence-corrected chi connectivity index (χ4v) is 7.18. The Kier molecular flexibility index (Phi) is 20.2. The highest BCUT2D eigenvalue weighted by Gasteiger charge is 2.38. The van der Waals surface area contributed by atoms with Gasteiger partial charge in [0.05, 0.1) is 5.69 Å². The lowest BCUT2D eigenvalue weighted by atomic mass is 9.97. The summed E-state index contributed by atoms with van der Waals surface area (Å²) in [5, 5.41) is 28.3. The maximum Gasteiger partial charge on any atom is 0.326 e. The molecule has 0 bridgehead atoms. The van der Waals surface area contributed by atoms with E-state index in [1.807, 2.05) is 13.8 Å². The Bertz CT molecular complexity index is 1930. The van der Waals surface area contributed by atoms with E-state index in [4.69, 9.17) is 0 Å². The topological polar surface area (TPSA) is 261 Å². The number of Topliss-reactive ketones (excluding diaryl/α,β-unsaturated/α-hetero) is 1. The van der Waals surface area contributed by atoms with Gasteiger partial charge in [0.2, 0.25) is 35.9 Å². The van der Waals surface area contributed by atoms with Crippen LogP contribution in [0, 0.1) is 17.8 Å². The van der Waals surface area contributed by atoms with Crippen molar-refractivity contribution in [2.75, 3.05) is 18.9 Å². The molecule has 7 atom stereocenters.